The van der Waals surface area contributed by atoms with Crippen molar-refractivity contribution in [2.45, 2.75) is 25.9 Å². The highest BCUT2D eigenvalue weighted by atomic mass is 16.5. The Morgan fingerprint density at radius 2 is 1.79 bits per heavy atom. The molecule has 1 heterocycles. The second kappa shape index (κ2) is 8.39. The van der Waals surface area contributed by atoms with Gasteiger partial charge in [0.15, 0.2) is 17.6 Å². The largest absolute Gasteiger partial charge is 0.490 e. The van der Waals surface area contributed by atoms with Crippen LogP contribution in [0.2, 0.25) is 0 Å². The van der Waals surface area contributed by atoms with Gasteiger partial charge in [0, 0.05) is 19.5 Å². The Balaban J connectivity index is 1.83. The van der Waals surface area contributed by atoms with Crippen molar-refractivity contribution in [3.8, 4) is 11.5 Å². The summed E-state index contributed by atoms with van der Waals surface area (Å²) in [5, 5.41) is 3.40. The van der Waals surface area contributed by atoms with Gasteiger partial charge in [-0.3, -0.25) is 4.99 Å². The second-order valence-electron chi connectivity index (χ2n) is 5.72. The summed E-state index contributed by atoms with van der Waals surface area (Å²) in [5.74, 6) is 2.46. The average molecular weight is 324 g/mol. The molecule has 0 spiro atoms. The fourth-order valence-corrected chi connectivity index (χ4v) is 2.76. The van der Waals surface area contributed by atoms with Gasteiger partial charge in [-0.1, -0.05) is 42.5 Å². The van der Waals surface area contributed by atoms with E-state index in [0.717, 1.165) is 43.3 Å². The molecule has 1 unspecified atom stereocenters. The Bertz CT molecular complexity index is 670. The number of amidine groups is 1. The van der Waals surface area contributed by atoms with Crippen molar-refractivity contribution < 1.29 is 9.47 Å². The molecular weight excluding hydrogens is 300 g/mol. The van der Waals surface area contributed by atoms with Gasteiger partial charge in [0.2, 0.25) is 0 Å². The first kappa shape index (κ1) is 16.4. The molecule has 4 nitrogen and oxygen atoms in total. The molecule has 126 valence electrons. The minimum atomic E-state index is -0.144. The molecule has 3 rings (SSSR count). The fraction of sp³-hybridized carbons (Fsp3) is 0.350. The lowest BCUT2D eigenvalue weighted by Crippen LogP contribution is -2.43. The van der Waals surface area contributed by atoms with Crippen LogP contribution in [-0.2, 0) is 6.42 Å². The van der Waals surface area contributed by atoms with E-state index >= 15 is 0 Å². The van der Waals surface area contributed by atoms with E-state index in [2.05, 4.69) is 34.6 Å². The molecular formula is C20H24N2O2. The van der Waals surface area contributed by atoms with Crippen molar-refractivity contribution in [1.82, 2.24) is 5.32 Å². The summed E-state index contributed by atoms with van der Waals surface area (Å²) in [6.45, 7) is 4.39. The lowest BCUT2D eigenvalue weighted by Gasteiger charge is -2.25. The van der Waals surface area contributed by atoms with Crippen LogP contribution in [0.25, 0.3) is 0 Å². The van der Waals surface area contributed by atoms with Crippen LogP contribution in [0.5, 0.6) is 11.5 Å². The first-order valence-corrected chi connectivity index (χ1v) is 8.57. The summed E-state index contributed by atoms with van der Waals surface area (Å²) < 4.78 is 12.0. The Morgan fingerprint density at radius 3 is 2.50 bits per heavy atom. The summed E-state index contributed by atoms with van der Waals surface area (Å²) in [7, 11) is 0. The number of nitrogens with one attached hydrogen (secondary N) is 1. The Kier molecular flexibility index (Phi) is 5.72. The lowest BCUT2D eigenvalue weighted by atomic mass is 10.1. The van der Waals surface area contributed by atoms with E-state index in [9.17, 15) is 0 Å². The molecule has 1 atom stereocenters. The van der Waals surface area contributed by atoms with Crippen LogP contribution >= 0.6 is 0 Å². The summed E-state index contributed by atoms with van der Waals surface area (Å²) in [5.41, 5.74) is 1.23. The van der Waals surface area contributed by atoms with Crippen LogP contribution in [0.1, 0.15) is 18.9 Å². The smallest absolute Gasteiger partial charge is 0.162 e. The number of hydrogen-bond donors (Lipinski definition) is 1. The second-order valence-corrected chi connectivity index (χ2v) is 5.72. The average Bonchev–Trinajstić information content (AvgIpc) is 2.64. The molecule has 2 aromatic carbocycles. The van der Waals surface area contributed by atoms with Gasteiger partial charge in [0.25, 0.3) is 0 Å². The van der Waals surface area contributed by atoms with Crippen LogP contribution in [-0.4, -0.2) is 31.6 Å². The standard InChI is InChI=1S/C20H24N2O2/c1-2-23-17-11-6-7-12-18(17)24-19(20-21-13-8-14-22-20)15-16-9-4-3-5-10-16/h3-7,9-12,19H,2,8,13-15H2,1H3,(H,21,22). The van der Waals surface area contributed by atoms with Gasteiger partial charge in [0.1, 0.15) is 5.84 Å². The van der Waals surface area contributed by atoms with E-state index in [4.69, 9.17) is 9.47 Å². The maximum Gasteiger partial charge on any atom is 0.162 e. The molecule has 0 bridgehead atoms. The first-order chi connectivity index (χ1) is 11.9. The molecule has 0 radical (unpaired) electrons. The molecule has 1 aliphatic heterocycles. The highest BCUT2D eigenvalue weighted by Crippen LogP contribution is 2.28. The molecule has 0 amide bonds. The molecule has 0 saturated carbocycles. The zero-order valence-corrected chi connectivity index (χ0v) is 14.1. The zero-order valence-electron chi connectivity index (χ0n) is 14.1. The van der Waals surface area contributed by atoms with Crippen LogP contribution < -0.4 is 14.8 Å². The maximum absolute atomic E-state index is 6.32. The predicted molar refractivity (Wildman–Crippen MR) is 97.1 cm³/mol. The Hall–Kier alpha value is -2.49. The lowest BCUT2D eigenvalue weighted by molar-refractivity contribution is 0.239. The number of ether oxygens (including phenoxy) is 2. The van der Waals surface area contributed by atoms with Gasteiger partial charge >= 0.3 is 0 Å². The van der Waals surface area contributed by atoms with Crippen molar-refractivity contribution in [3.05, 3.63) is 60.2 Å². The monoisotopic (exact) mass is 324 g/mol. The van der Waals surface area contributed by atoms with Gasteiger partial charge in [0.05, 0.1) is 6.61 Å². The number of hydrogen-bond acceptors (Lipinski definition) is 4. The third-order valence-corrected chi connectivity index (χ3v) is 3.91. The molecule has 1 N–H and O–H groups in total. The third kappa shape index (κ3) is 4.28. The van der Waals surface area contributed by atoms with E-state index in [1.54, 1.807) is 0 Å². The third-order valence-electron chi connectivity index (χ3n) is 3.91. The van der Waals surface area contributed by atoms with Gasteiger partial charge in [-0.05, 0) is 31.0 Å². The SMILES string of the molecule is CCOc1ccccc1OC(Cc1ccccc1)C1=NCCCN1. The quantitative estimate of drug-likeness (QED) is 0.848. The normalized spacial score (nSPS) is 15.1. The molecule has 0 aromatic heterocycles. The number of benzene rings is 2. The first-order valence-electron chi connectivity index (χ1n) is 8.57. The minimum absolute atomic E-state index is 0.144. The fourth-order valence-electron chi connectivity index (χ4n) is 2.76. The number of nitrogens with zero attached hydrogens (tertiary/aromatic N) is 1. The molecule has 0 fully saturated rings. The highest BCUT2D eigenvalue weighted by Gasteiger charge is 2.21. The van der Waals surface area contributed by atoms with Crippen molar-refractivity contribution >= 4 is 5.84 Å². The van der Waals surface area contributed by atoms with Crippen LogP contribution in [0.4, 0.5) is 0 Å². The van der Waals surface area contributed by atoms with Crippen molar-refractivity contribution in [2.24, 2.45) is 4.99 Å². The Labute approximate surface area is 143 Å². The molecule has 4 heteroatoms. The summed E-state index contributed by atoms with van der Waals surface area (Å²) in [6.07, 6.45) is 1.69. The summed E-state index contributed by atoms with van der Waals surface area (Å²) in [4.78, 5) is 4.64. The van der Waals surface area contributed by atoms with Crippen molar-refractivity contribution in [1.29, 1.82) is 0 Å². The predicted octanol–water partition coefficient (Wildman–Crippen LogP) is 3.47. The molecule has 0 saturated heterocycles. The van der Waals surface area contributed by atoms with E-state index in [1.165, 1.54) is 5.56 Å². The van der Waals surface area contributed by atoms with E-state index < -0.39 is 0 Å². The van der Waals surface area contributed by atoms with Gasteiger partial charge < -0.3 is 14.8 Å². The van der Waals surface area contributed by atoms with Crippen LogP contribution in [0.3, 0.4) is 0 Å². The molecule has 0 aliphatic carbocycles. The number of aliphatic imine (C=N–C) groups is 1. The van der Waals surface area contributed by atoms with Gasteiger partial charge in [-0.15, -0.1) is 0 Å². The van der Waals surface area contributed by atoms with E-state index in [0.29, 0.717) is 6.61 Å². The highest BCUT2D eigenvalue weighted by molar-refractivity contribution is 5.87. The number of rotatable bonds is 7. The van der Waals surface area contributed by atoms with Crippen molar-refractivity contribution in [2.75, 3.05) is 19.7 Å². The molecule has 24 heavy (non-hydrogen) atoms. The van der Waals surface area contributed by atoms with Crippen LogP contribution in [0.15, 0.2) is 59.6 Å². The number of para-hydroxylation sites is 2. The summed E-state index contributed by atoms with van der Waals surface area (Å²) >= 11 is 0. The molecule has 2 aromatic rings. The van der Waals surface area contributed by atoms with Crippen molar-refractivity contribution in [3.63, 3.8) is 0 Å². The van der Waals surface area contributed by atoms with Crippen LogP contribution in [0, 0.1) is 0 Å². The van der Waals surface area contributed by atoms with Gasteiger partial charge in [-0.25, -0.2) is 0 Å². The zero-order chi connectivity index (χ0) is 16.6. The van der Waals surface area contributed by atoms with E-state index in [1.807, 2.05) is 37.3 Å². The summed E-state index contributed by atoms with van der Waals surface area (Å²) in [6, 6.07) is 18.2. The molecule has 1 aliphatic rings. The van der Waals surface area contributed by atoms with E-state index in [-0.39, 0.29) is 6.10 Å². The minimum Gasteiger partial charge on any atom is -0.490 e. The topological polar surface area (TPSA) is 42.9 Å². The van der Waals surface area contributed by atoms with Gasteiger partial charge in [-0.2, -0.15) is 0 Å². The Morgan fingerprint density at radius 1 is 1.04 bits per heavy atom. The maximum atomic E-state index is 6.32.